The van der Waals surface area contributed by atoms with Crippen molar-refractivity contribution in [1.82, 2.24) is 20.6 Å². The molecule has 2 rings (SSSR count). The Bertz CT molecular complexity index is 1010. The third-order valence-electron chi connectivity index (χ3n) is 3.00. The van der Waals surface area contributed by atoms with Crippen LogP contribution in [0.25, 0.3) is 0 Å². The number of amides is 1. The number of carbonyl (C=O) groups is 1. The summed E-state index contributed by atoms with van der Waals surface area (Å²) >= 11 is 0. The fourth-order valence-corrected chi connectivity index (χ4v) is 1.82. The topological polar surface area (TPSA) is 208 Å². The number of hydrogen-bond donors (Lipinski definition) is 4. The molecule has 1 amide bonds. The van der Waals surface area contributed by atoms with E-state index >= 15 is 0 Å². The number of aromatic nitrogens is 3. The minimum Gasteiger partial charge on any atom is -0.865 e. The van der Waals surface area contributed by atoms with Crippen LogP contribution in [0, 0.1) is 10.1 Å². The van der Waals surface area contributed by atoms with E-state index < -0.39 is 40.1 Å². The first-order valence-electron chi connectivity index (χ1n) is 7.10. The Kier molecular flexibility index (Phi) is 5.83. The van der Waals surface area contributed by atoms with Gasteiger partial charge >= 0.3 is 5.69 Å². The molecule has 142 valence electrons. The van der Waals surface area contributed by atoms with Crippen LogP contribution in [-0.4, -0.2) is 45.9 Å². The summed E-state index contributed by atoms with van der Waals surface area (Å²) in [6.45, 7) is -0.400. The Morgan fingerprint density at radius 3 is 2.81 bits per heavy atom. The van der Waals surface area contributed by atoms with Crippen molar-refractivity contribution in [3.63, 3.8) is 0 Å². The molecular formula is C13H12N7O7-. The van der Waals surface area contributed by atoms with Crippen molar-refractivity contribution in [1.29, 1.82) is 0 Å². The van der Waals surface area contributed by atoms with Gasteiger partial charge in [0.2, 0.25) is 5.82 Å². The van der Waals surface area contributed by atoms with E-state index in [0.717, 1.165) is 12.3 Å². The van der Waals surface area contributed by atoms with Crippen molar-refractivity contribution >= 4 is 23.6 Å². The lowest BCUT2D eigenvalue weighted by atomic mass is 10.2. The Morgan fingerprint density at radius 2 is 2.19 bits per heavy atom. The predicted molar refractivity (Wildman–Crippen MR) is 88.8 cm³/mol. The van der Waals surface area contributed by atoms with Gasteiger partial charge < -0.3 is 15.2 Å². The maximum Gasteiger partial charge on any atom is 0.342 e. The first-order valence-corrected chi connectivity index (χ1v) is 7.10. The molecule has 0 spiro atoms. The second kappa shape index (κ2) is 8.24. The molecule has 0 saturated heterocycles. The number of rotatable bonds is 7. The number of nitro groups is 1. The molecule has 27 heavy (non-hydrogen) atoms. The molecule has 4 N–H and O–H groups in total. The van der Waals surface area contributed by atoms with Crippen LogP contribution in [0.5, 0.6) is 11.5 Å². The highest BCUT2D eigenvalue weighted by Crippen LogP contribution is 2.33. The summed E-state index contributed by atoms with van der Waals surface area (Å²) in [6.07, 6.45) is 1.07. The minimum atomic E-state index is -0.883. The second-order valence-corrected chi connectivity index (χ2v) is 4.83. The van der Waals surface area contributed by atoms with Gasteiger partial charge in [0.1, 0.15) is 5.75 Å². The van der Waals surface area contributed by atoms with E-state index in [4.69, 9.17) is 4.74 Å². The van der Waals surface area contributed by atoms with E-state index in [1.165, 1.54) is 13.2 Å². The van der Waals surface area contributed by atoms with Crippen LogP contribution in [0.4, 0.5) is 11.5 Å². The lowest BCUT2D eigenvalue weighted by molar-refractivity contribution is -0.398. The number of methoxy groups -OCH3 is 1. The standard InChI is InChI=1S/C13H13N7O7/c1-27-8-3-6(2-7(10(8)22)20(25)26)4-15-17-9(21)5-14-11-12(23)16-13(24)19-18-11/h2-4,22H,5H2,1H3,(H,14,18)(H,17,21)(H2,16,19,23,24)/p-1/b15-4-. The Labute approximate surface area is 149 Å². The number of ether oxygens (including phenoxy) is 1. The molecule has 0 atom stereocenters. The van der Waals surface area contributed by atoms with Crippen molar-refractivity contribution in [2.24, 2.45) is 5.10 Å². The summed E-state index contributed by atoms with van der Waals surface area (Å²) < 4.78 is 4.77. The molecule has 0 unspecified atom stereocenters. The van der Waals surface area contributed by atoms with Crippen molar-refractivity contribution in [3.8, 4) is 11.5 Å². The van der Waals surface area contributed by atoms with Gasteiger partial charge in [0.15, 0.2) is 0 Å². The maximum atomic E-state index is 11.7. The molecule has 2 aromatic rings. The summed E-state index contributed by atoms with van der Waals surface area (Å²) in [5.41, 5.74) is -0.0685. The number of hydrazone groups is 1. The van der Waals surface area contributed by atoms with Crippen molar-refractivity contribution in [3.05, 3.63) is 48.6 Å². The average Bonchev–Trinajstić information content (AvgIpc) is 2.61. The van der Waals surface area contributed by atoms with Gasteiger partial charge in [-0.15, -0.1) is 5.10 Å². The lowest BCUT2D eigenvalue weighted by Gasteiger charge is -2.12. The number of aromatic amines is 2. The average molecular weight is 378 g/mol. The van der Waals surface area contributed by atoms with Crippen LogP contribution in [-0.2, 0) is 4.79 Å². The van der Waals surface area contributed by atoms with Gasteiger partial charge in [-0.2, -0.15) is 5.10 Å². The molecule has 0 aliphatic carbocycles. The lowest BCUT2D eigenvalue weighted by Crippen LogP contribution is -2.31. The smallest absolute Gasteiger partial charge is 0.342 e. The second-order valence-electron chi connectivity index (χ2n) is 4.83. The van der Waals surface area contributed by atoms with E-state index in [0.29, 0.717) is 0 Å². The SMILES string of the molecule is COc1cc(/C=N\NC(=O)CNc2n[nH]c(=O)[nH]c2=O)cc([N+](=O)[O-])c1[O-]. The van der Waals surface area contributed by atoms with E-state index in [9.17, 15) is 29.6 Å². The Hall–Kier alpha value is -4.23. The zero-order valence-electron chi connectivity index (χ0n) is 13.6. The predicted octanol–water partition coefficient (Wildman–Crippen LogP) is -1.99. The van der Waals surface area contributed by atoms with E-state index in [1.54, 1.807) is 0 Å². The first kappa shape index (κ1) is 19.1. The third kappa shape index (κ3) is 4.88. The summed E-state index contributed by atoms with van der Waals surface area (Å²) in [6, 6.07) is 2.19. The van der Waals surface area contributed by atoms with E-state index in [2.05, 4.69) is 20.9 Å². The number of nitrogens with one attached hydrogen (secondary N) is 4. The third-order valence-corrected chi connectivity index (χ3v) is 3.00. The number of anilines is 1. The maximum absolute atomic E-state index is 11.7. The van der Waals surface area contributed by atoms with Crippen molar-refractivity contribution < 1.29 is 19.6 Å². The summed E-state index contributed by atoms with van der Waals surface area (Å²) in [4.78, 5) is 45.8. The molecular weight excluding hydrogens is 366 g/mol. The van der Waals surface area contributed by atoms with E-state index in [1.807, 2.05) is 10.1 Å². The van der Waals surface area contributed by atoms with Gasteiger partial charge in [-0.1, -0.05) is 0 Å². The molecule has 0 saturated carbocycles. The zero-order chi connectivity index (χ0) is 20.0. The molecule has 0 aliphatic heterocycles. The number of nitro benzene ring substituents is 1. The summed E-state index contributed by atoms with van der Waals surface area (Å²) in [7, 11) is 1.18. The number of benzene rings is 1. The number of H-pyrrole nitrogens is 2. The molecule has 0 fully saturated rings. The molecule has 0 aliphatic rings. The largest absolute Gasteiger partial charge is 0.865 e. The van der Waals surface area contributed by atoms with Crippen LogP contribution in [0.1, 0.15) is 5.56 Å². The molecule has 14 heteroatoms. The number of hydrogen-bond acceptors (Lipinski definition) is 10. The monoisotopic (exact) mass is 378 g/mol. The van der Waals surface area contributed by atoms with Gasteiger partial charge in [-0.3, -0.25) is 24.7 Å². The first-order chi connectivity index (χ1) is 12.8. The number of carbonyl (C=O) groups excluding carboxylic acids is 1. The van der Waals surface area contributed by atoms with Gasteiger partial charge in [0, 0.05) is 17.4 Å². The Balaban J connectivity index is 2.01. The highest BCUT2D eigenvalue weighted by Gasteiger charge is 2.13. The fraction of sp³-hybridized carbons (Fsp3) is 0.154. The highest BCUT2D eigenvalue weighted by atomic mass is 16.6. The van der Waals surface area contributed by atoms with Crippen molar-refractivity contribution in [2.45, 2.75) is 0 Å². The van der Waals surface area contributed by atoms with Gasteiger partial charge in [0.05, 0.1) is 24.8 Å². The Morgan fingerprint density at radius 1 is 1.44 bits per heavy atom. The quantitative estimate of drug-likeness (QED) is 0.238. The highest BCUT2D eigenvalue weighted by molar-refractivity contribution is 5.85. The van der Waals surface area contributed by atoms with Crippen LogP contribution in [0.15, 0.2) is 26.8 Å². The normalized spacial score (nSPS) is 10.6. The number of nitrogens with zero attached hydrogens (tertiary/aromatic N) is 3. The fourth-order valence-electron chi connectivity index (χ4n) is 1.82. The van der Waals surface area contributed by atoms with Crippen LogP contribution in [0.2, 0.25) is 0 Å². The molecule has 0 bridgehead atoms. The molecule has 0 radical (unpaired) electrons. The van der Waals surface area contributed by atoms with Gasteiger partial charge in [-0.05, 0) is 6.07 Å². The van der Waals surface area contributed by atoms with E-state index in [-0.39, 0.29) is 17.1 Å². The van der Waals surface area contributed by atoms with Gasteiger partial charge in [0.25, 0.3) is 17.2 Å². The summed E-state index contributed by atoms with van der Waals surface area (Å²) in [5, 5.41) is 33.9. The van der Waals surface area contributed by atoms with Gasteiger partial charge in [-0.25, -0.2) is 15.3 Å². The minimum absolute atomic E-state index is 0.144. The van der Waals surface area contributed by atoms with Crippen molar-refractivity contribution in [2.75, 3.05) is 19.0 Å². The molecule has 1 aromatic carbocycles. The summed E-state index contributed by atoms with van der Waals surface area (Å²) in [5.74, 6) is -2.09. The van der Waals surface area contributed by atoms with Crippen LogP contribution in [0.3, 0.4) is 0 Å². The van der Waals surface area contributed by atoms with Crippen LogP contribution >= 0.6 is 0 Å². The van der Waals surface area contributed by atoms with Crippen LogP contribution < -0.4 is 31.8 Å². The molecule has 14 nitrogen and oxygen atoms in total. The molecule has 1 heterocycles. The zero-order valence-corrected chi connectivity index (χ0v) is 13.6. The molecule has 1 aromatic heterocycles.